The number of halogens is 1. The van der Waals surface area contributed by atoms with E-state index in [0.29, 0.717) is 6.61 Å². The van der Waals surface area contributed by atoms with Gasteiger partial charge < -0.3 is 10.5 Å². The van der Waals surface area contributed by atoms with Crippen molar-refractivity contribution in [2.24, 2.45) is 5.73 Å². The van der Waals surface area contributed by atoms with E-state index in [-0.39, 0.29) is 12.1 Å². The van der Waals surface area contributed by atoms with Crippen molar-refractivity contribution >= 4 is 15.9 Å². The van der Waals surface area contributed by atoms with Crippen LogP contribution in [0.3, 0.4) is 0 Å². The zero-order valence-electron chi connectivity index (χ0n) is 9.24. The van der Waals surface area contributed by atoms with Gasteiger partial charge in [-0.15, -0.1) is 0 Å². The maximum atomic E-state index is 5.96. The predicted octanol–water partition coefficient (Wildman–Crippen LogP) is 2.74. The molecule has 0 saturated carbocycles. The predicted molar refractivity (Wildman–Crippen MR) is 66.9 cm³/mol. The molecule has 2 nitrogen and oxygen atoms in total. The smallest absolute Gasteiger partial charge is 0.0624 e. The highest BCUT2D eigenvalue weighted by molar-refractivity contribution is 9.10. The van der Waals surface area contributed by atoms with Crippen LogP contribution >= 0.6 is 15.9 Å². The number of hydrogen-bond acceptors (Lipinski definition) is 2. The fourth-order valence-electron chi connectivity index (χ4n) is 1.34. The third-order valence-corrected chi connectivity index (χ3v) is 2.52. The van der Waals surface area contributed by atoms with Gasteiger partial charge in [0.2, 0.25) is 0 Å². The van der Waals surface area contributed by atoms with Gasteiger partial charge in [-0.2, -0.15) is 0 Å². The summed E-state index contributed by atoms with van der Waals surface area (Å²) in [5.74, 6) is 0. The minimum Gasteiger partial charge on any atom is -0.377 e. The molecular formula is C12H18BrNO. The summed E-state index contributed by atoms with van der Waals surface area (Å²) in [6.07, 6.45) is 1.10. The van der Waals surface area contributed by atoms with Gasteiger partial charge in [0.15, 0.2) is 0 Å². The molecule has 0 heterocycles. The minimum absolute atomic E-state index is 0.0710. The lowest BCUT2D eigenvalue weighted by molar-refractivity contribution is 0.0684. The van der Waals surface area contributed by atoms with Crippen molar-refractivity contribution in [2.45, 2.75) is 32.4 Å². The van der Waals surface area contributed by atoms with Crippen LogP contribution in [-0.4, -0.2) is 18.8 Å². The van der Waals surface area contributed by atoms with Crippen LogP contribution in [0.2, 0.25) is 0 Å². The van der Waals surface area contributed by atoms with Crippen LogP contribution in [0.5, 0.6) is 0 Å². The Morgan fingerprint density at radius 2 is 2.13 bits per heavy atom. The summed E-state index contributed by atoms with van der Waals surface area (Å²) in [7, 11) is 0. The maximum Gasteiger partial charge on any atom is 0.0624 e. The Morgan fingerprint density at radius 3 is 2.73 bits per heavy atom. The Kier molecular flexibility index (Phi) is 5.29. The monoisotopic (exact) mass is 271 g/mol. The normalized spacial score (nSPS) is 13.1. The van der Waals surface area contributed by atoms with E-state index in [1.165, 1.54) is 5.56 Å². The van der Waals surface area contributed by atoms with Crippen LogP contribution in [-0.2, 0) is 11.2 Å². The molecule has 0 spiro atoms. The van der Waals surface area contributed by atoms with Gasteiger partial charge in [0.1, 0.15) is 0 Å². The molecule has 0 fully saturated rings. The van der Waals surface area contributed by atoms with E-state index < -0.39 is 0 Å². The molecule has 3 heteroatoms. The lowest BCUT2D eigenvalue weighted by Crippen LogP contribution is -2.30. The van der Waals surface area contributed by atoms with Gasteiger partial charge in [-0.3, -0.25) is 0 Å². The SMILES string of the molecule is CC(C)OCC(N)Cc1cccc(Br)c1. The summed E-state index contributed by atoms with van der Waals surface area (Å²) in [4.78, 5) is 0. The Labute approximate surface area is 99.9 Å². The van der Waals surface area contributed by atoms with Crippen LogP contribution in [0.4, 0.5) is 0 Å². The fraction of sp³-hybridized carbons (Fsp3) is 0.500. The number of hydrogen-bond donors (Lipinski definition) is 1. The van der Waals surface area contributed by atoms with Crippen molar-refractivity contribution in [3.05, 3.63) is 34.3 Å². The van der Waals surface area contributed by atoms with E-state index >= 15 is 0 Å². The molecule has 1 unspecified atom stereocenters. The van der Waals surface area contributed by atoms with E-state index in [0.717, 1.165) is 10.9 Å². The lowest BCUT2D eigenvalue weighted by Gasteiger charge is -2.14. The van der Waals surface area contributed by atoms with Crippen LogP contribution in [0, 0.1) is 0 Å². The Hall–Kier alpha value is -0.380. The van der Waals surface area contributed by atoms with Gasteiger partial charge in [0, 0.05) is 10.5 Å². The largest absolute Gasteiger partial charge is 0.377 e. The van der Waals surface area contributed by atoms with Gasteiger partial charge >= 0.3 is 0 Å². The van der Waals surface area contributed by atoms with Crippen LogP contribution in [0.25, 0.3) is 0 Å². The molecular weight excluding hydrogens is 254 g/mol. The minimum atomic E-state index is 0.0710. The van der Waals surface area contributed by atoms with Crippen LogP contribution in [0.15, 0.2) is 28.7 Å². The van der Waals surface area contributed by atoms with Gasteiger partial charge in [-0.05, 0) is 38.0 Å². The van der Waals surface area contributed by atoms with Crippen molar-refractivity contribution < 1.29 is 4.74 Å². The van der Waals surface area contributed by atoms with Crippen molar-refractivity contribution in [3.63, 3.8) is 0 Å². The molecule has 2 N–H and O–H groups in total. The number of ether oxygens (including phenoxy) is 1. The summed E-state index contributed by atoms with van der Waals surface area (Å²) in [6, 6.07) is 8.28. The zero-order valence-corrected chi connectivity index (χ0v) is 10.8. The molecule has 1 aromatic rings. The quantitative estimate of drug-likeness (QED) is 0.894. The summed E-state index contributed by atoms with van der Waals surface area (Å²) in [6.45, 7) is 4.65. The van der Waals surface area contributed by atoms with Crippen molar-refractivity contribution in [2.75, 3.05) is 6.61 Å². The van der Waals surface area contributed by atoms with Gasteiger partial charge in [0.25, 0.3) is 0 Å². The molecule has 0 bridgehead atoms. The summed E-state index contributed by atoms with van der Waals surface area (Å²) < 4.78 is 6.56. The molecule has 15 heavy (non-hydrogen) atoms. The van der Waals surface area contributed by atoms with Gasteiger partial charge in [-0.1, -0.05) is 28.1 Å². The second-order valence-corrected chi connectivity index (χ2v) is 4.89. The van der Waals surface area contributed by atoms with E-state index in [2.05, 4.69) is 28.1 Å². The lowest BCUT2D eigenvalue weighted by atomic mass is 10.1. The first-order valence-electron chi connectivity index (χ1n) is 5.19. The molecule has 0 radical (unpaired) electrons. The molecule has 1 rings (SSSR count). The van der Waals surface area contributed by atoms with Crippen LogP contribution < -0.4 is 5.73 Å². The second-order valence-electron chi connectivity index (χ2n) is 3.98. The average molecular weight is 272 g/mol. The highest BCUT2D eigenvalue weighted by Crippen LogP contribution is 2.12. The molecule has 0 aromatic heterocycles. The third-order valence-electron chi connectivity index (χ3n) is 2.03. The van der Waals surface area contributed by atoms with Crippen molar-refractivity contribution in [1.82, 2.24) is 0 Å². The highest BCUT2D eigenvalue weighted by Gasteiger charge is 2.05. The number of nitrogens with two attached hydrogens (primary N) is 1. The molecule has 0 saturated heterocycles. The zero-order chi connectivity index (χ0) is 11.3. The molecule has 0 amide bonds. The molecule has 0 aliphatic rings. The van der Waals surface area contributed by atoms with Crippen molar-refractivity contribution in [1.29, 1.82) is 0 Å². The second kappa shape index (κ2) is 6.26. The first-order chi connectivity index (χ1) is 7.08. The fourth-order valence-corrected chi connectivity index (χ4v) is 1.79. The van der Waals surface area contributed by atoms with Crippen LogP contribution in [0.1, 0.15) is 19.4 Å². The van der Waals surface area contributed by atoms with E-state index in [4.69, 9.17) is 10.5 Å². The van der Waals surface area contributed by atoms with Gasteiger partial charge in [0.05, 0.1) is 12.7 Å². The summed E-state index contributed by atoms with van der Waals surface area (Å²) in [5.41, 5.74) is 7.20. The topological polar surface area (TPSA) is 35.2 Å². The Bertz CT molecular complexity index is 301. The third kappa shape index (κ3) is 5.30. The molecule has 0 aliphatic heterocycles. The number of rotatable bonds is 5. The van der Waals surface area contributed by atoms with E-state index in [1.807, 2.05) is 26.0 Å². The van der Waals surface area contributed by atoms with Crippen molar-refractivity contribution in [3.8, 4) is 0 Å². The molecule has 0 aliphatic carbocycles. The first kappa shape index (κ1) is 12.7. The Morgan fingerprint density at radius 1 is 1.40 bits per heavy atom. The first-order valence-corrected chi connectivity index (χ1v) is 5.99. The summed E-state index contributed by atoms with van der Waals surface area (Å²) >= 11 is 3.44. The molecule has 1 aromatic carbocycles. The molecule has 1 atom stereocenters. The van der Waals surface area contributed by atoms with Gasteiger partial charge in [-0.25, -0.2) is 0 Å². The number of benzene rings is 1. The van der Waals surface area contributed by atoms with E-state index in [9.17, 15) is 0 Å². The summed E-state index contributed by atoms with van der Waals surface area (Å²) in [5, 5.41) is 0. The standard InChI is InChI=1S/C12H18BrNO/c1-9(2)15-8-12(14)7-10-4-3-5-11(13)6-10/h3-6,9,12H,7-8,14H2,1-2H3. The van der Waals surface area contributed by atoms with E-state index in [1.54, 1.807) is 0 Å². The Balaban J connectivity index is 2.40. The highest BCUT2D eigenvalue weighted by atomic mass is 79.9. The average Bonchev–Trinajstić information content (AvgIpc) is 2.15. The molecule has 84 valence electrons. The maximum absolute atomic E-state index is 5.96.